The summed E-state index contributed by atoms with van der Waals surface area (Å²) >= 11 is 0. The van der Waals surface area contributed by atoms with Gasteiger partial charge in [-0.15, -0.1) is 0 Å². The number of non-ortho nitro benzene ring substituents is 1. The number of aliphatic carboxylic acids is 1. The molecular formula is C10H11NO5. The minimum atomic E-state index is -1.39. The maximum atomic E-state index is 10.4. The van der Waals surface area contributed by atoms with Gasteiger partial charge in [-0.1, -0.05) is 12.1 Å². The molecule has 1 aromatic rings. The third-order valence-electron chi connectivity index (χ3n) is 2.14. The molecule has 2 N–H and O–H groups in total. The van der Waals surface area contributed by atoms with Crippen molar-refractivity contribution in [3.8, 4) is 0 Å². The minimum absolute atomic E-state index is 0.0115. The molecule has 0 radical (unpaired) electrons. The van der Waals surface area contributed by atoms with Crippen molar-refractivity contribution in [3.05, 3.63) is 39.9 Å². The van der Waals surface area contributed by atoms with Gasteiger partial charge in [0.05, 0.1) is 4.92 Å². The number of nitro groups is 1. The van der Waals surface area contributed by atoms with Crippen molar-refractivity contribution in [2.75, 3.05) is 0 Å². The van der Waals surface area contributed by atoms with Crippen LogP contribution in [0.2, 0.25) is 0 Å². The quantitative estimate of drug-likeness (QED) is 0.574. The first-order valence-corrected chi connectivity index (χ1v) is 4.65. The lowest BCUT2D eigenvalue weighted by Gasteiger charge is -2.04. The molecule has 1 rings (SSSR count). The van der Waals surface area contributed by atoms with Gasteiger partial charge in [0.2, 0.25) is 0 Å². The Labute approximate surface area is 91.3 Å². The number of carbonyl (C=O) groups is 1. The van der Waals surface area contributed by atoms with Crippen molar-refractivity contribution < 1.29 is 19.9 Å². The zero-order chi connectivity index (χ0) is 12.1. The molecule has 6 heteroatoms. The highest BCUT2D eigenvalue weighted by Crippen LogP contribution is 2.13. The molecular weight excluding hydrogens is 214 g/mol. The van der Waals surface area contributed by atoms with Gasteiger partial charge in [0.1, 0.15) is 0 Å². The number of nitro benzene ring substituents is 1. The number of aliphatic hydroxyl groups excluding tert-OH is 1. The van der Waals surface area contributed by atoms with Gasteiger partial charge in [0.15, 0.2) is 6.10 Å². The number of aliphatic hydroxyl groups is 1. The van der Waals surface area contributed by atoms with Crippen molar-refractivity contribution in [2.24, 2.45) is 0 Å². The number of hydrogen-bond acceptors (Lipinski definition) is 4. The highest BCUT2D eigenvalue weighted by molar-refractivity contribution is 5.71. The van der Waals surface area contributed by atoms with Crippen molar-refractivity contribution in [1.29, 1.82) is 0 Å². The summed E-state index contributed by atoms with van der Waals surface area (Å²) in [4.78, 5) is 20.2. The molecule has 0 heterocycles. The maximum absolute atomic E-state index is 10.4. The Morgan fingerprint density at radius 2 is 1.94 bits per heavy atom. The van der Waals surface area contributed by atoms with E-state index in [1.54, 1.807) is 12.1 Å². The predicted octanol–water partition coefficient (Wildman–Crippen LogP) is 0.973. The van der Waals surface area contributed by atoms with Crippen LogP contribution in [-0.2, 0) is 11.2 Å². The Morgan fingerprint density at radius 3 is 2.38 bits per heavy atom. The normalized spacial score (nSPS) is 12.1. The van der Waals surface area contributed by atoms with E-state index in [2.05, 4.69) is 0 Å². The summed E-state index contributed by atoms with van der Waals surface area (Å²) in [6.45, 7) is 0. The Balaban J connectivity index is 2.56. The van der Waals surface area contributed by atoms with Gasteiger partial charge in [-0.2, -0.15) is 0 Å². The first-order valence-electron chi connectivity index (χ1n) is 4.65. The molecule has 1 atom stereocenters. The number of rotatable bonds is 5. The Bertz CT molecular complexity index is 387. The fourth-order valence-electron chi connectivity index (χ4n) is 1.21. The monoisotopic (exact) mass is 225 g/mol. The summed E-state index contributed by atoms with van der Waals surface area (Å²) in [6, 6.07) is 5.80. The molecule has 0 aliphatic carbocycles. The lowest BCUT2D eigenvalue weighted by atomic mass is 10.1. The summed E-state index contributed by atoms with van der Waals surface area (Å²) in [6.07, 6.45) is -0.936. The molecule has 6 nitrogen and oxygen atoms in total. The van der Waals surface area contributed by atoms with Gasteiger partial charge in [-0.3, -0.25) is 10.1 Å². The number of carboxylic acids is 1. The third-order valence-corrected chi connectivity index (χ3v) is 2.14. The fourth-order valence-corrected chi connectivity index (χ4v) is 1.21. The summed E-state index contributed by atoms with van der Waals surface area (Å²) in [5.74, 6) is -1.26. The van der Waals surface area contributed by atoms with E-state index in [4.69, 9.17) is 10.2 Å². The van der Waals surface area contributed by atoms with E-state index < -0.39 is 17.0 Å². The number of benzene rings is 1. The summed E-state index contributed by atoms with van der Waals surface area (Å²) < 4.78 is 0. The molecule has 1 aromatic carbocycles. The lowest BCUT2D eigenvalue weighted by molar-refractivity contribution is -0.384. The van der Waals surface area contributed by atoms with E-state index >= 15 is 0 Å². The average Bonchev–Trinajstić information content (AvgIpc) is 2.26. The summed E-state index contributed by atoms with van der Waals surface area (Å²) in [7, 11) is 0. The summed E-state index contributed by atoms with van der Waals surface area (Å²) in [5.41, 5.74) is 0.744. The van der Waals surface area contributed by atoms with Crippen molar-refractivity contribution in [2.45, 2.75) is 18.9 Å². The second-order valence-electron chi connectivity index (χ2n) is 3.32. The fraction of sp³-hybridized carbons (Fsp3) is 0.300. The largest absolute Gasteiger partial charge is 0.479 e. The molecule has 0 bridgehead atoms. The molecule has 0 aliphatic heterocycles. The van der Waals surface area contributed by atoms with E-state index in [-0.39, 0.29) is 12.1 Å². The van der Waals surface area contributed by atoms with Crippen LogP contribution in [0.4, 0.5) is 5.69 Å². The van der Waals surface area contributed by atoms with Crippen LogP contribution in [0.1, 0.15) is 12.0 Å². The molecule has 0 saturated carbocycles. The van der Waals surface area contributed by atoms with Gasteiger partial charge in [-0.25, -0.2) is 4.79 Å². The highest BCUT2D eigenvalue weighted by atomic mass is 16.6. The summed E-state index contributed by atoms with van der Waals surface area (Å²) in [5, 5.41) is 27.8. The van der Waals surface area contributed by atoms with Crippen LogP contribution in [0.25, 0.3) is 0 Å². The molecule has 0 amide bonds. The standard InChI is InChI=1S/C10H11NO5/c12-9(10(13)14)6-3-7-1-4-8(5-2-7)11(15)16/h1-2,4-5,9,12H,3,6H2,(H,13,14). The van der Waals surface area contributed by atoms with Gasteiger partial charge < -0.3 is 10.2 Å². The number of nitrogens with zero attached hydrogens (tertiary/aromatic N) is 1. The van der Waals surface area contributed by atoms with Crippen molar-refractivity contribution in [1.82, 2.24) is 0 Å². The first kappa shape index (κ1) is 12.1. The molecule has 0 aromatic heterocycles. The van der Waals surface area contributed by atoms with Crippen LogP contribution in [-0.4, -0.2) is 27.2 Å². The number of aryl methyl sites for hydroxylation is 1. The van der Waals surface area contributed by atoms with E-state index in [1.165, 1.54) is 12.1 Å². The van der Waals surface area contributed by atoms with Crippen LogP contribution >= 0.6 is 0 Å². The number of hydrogen-bond donors (Lipinski definition) is 2. The topological polar surface area (TPSA) is 101 Å². The maximum Gasteiger partial charge on any atom is 0.332 e. The van der Waals surface area contributed by atoms with E-state index in [0.29, 0.717) is 6.42 Å². The Hall–Kier alpha value is -1.95. The second-order valence-corrected chi connectivity index (χ2v) is 3.32. The molecule has 0 aliphatic rings. The minimum Gasteiger partial charge on any atom is -0.479 e. The van der Waals surface area contributed by atoms with Crippen molar-refractivity contribution in [3.63, 3.8) is 0 Å². The van der Waals surface area contributed by atoms with Crippen LogP contribution in [0, 0.1) is 10.1 Å². The van der Waals surface area contributed by atoms with Crippen LogP contribution in [0.3, 0.4) is 0 Å². The van der Waals surface area contributed by atoms with Crippen LogP contribution in [0.5, 0.6) is 0 Å². The van der Waals surface area contributed by atoms with Gasteiger partial charge >= 0.3 is 5.97 Å². The molecule has 1 unspecified atom stereocenters. The smallest absolute Gasteiger partial charge is 0.332 e. The van der Waals surface area contributed by atoms with Gasteiger partial charge in [0.25, 0.3) is 5.69 Å². The zero-order valence-electron chi connectivity index (χ0n) is 8.37. The average molecular weight is 225 g/mol. The van der Waals surface area contributed by atoms with Crippen LogP contribution in [0.15, 0.2) is 24.3 Å². The molecule has 0 spiro atoms. The van der Waals surface area contributed by atoms with E-state index in [1.807, 2.05) is 0 Å². The van der Waals surface area contributed by atoms with Crippen molar-refractivity contribution >= 4 is 11.7 Å². The van der Waals surface area contributed by atoms with Gasteiger partial charge in [0, 0.05) is 12.1 Å². The molecule has 0 saturated heterocycles. The SMILES string of the molecule is O=C(O)C(O)CCc1ccc([N+](=O)[O-])cc1. The Morgan fingerprint density at radius 1 is 1.38 bits per heavy atom. The van der Waals surface area contributed by atoms with Crippen LogP contribution < -0.4 is 0 Å². The highest BCUT2D eigenvalue weighted by Gasteiger charge is 2.12. The second kappa shape index (κ2) is 5.22. The molecule has 16 heavy (non-hydrogen) atoms. The lowest BCUT2D eigenvalue weighted by Crippen LogP contribution is -2.19. The van der Waals surface area contributed by atoms with E-state index in [9.17, 15) is 14.9 Å². The third kappa shape index (κ3) is 3.32. The predicted molar refractivity (Wildman–Crippen MR) is 55.1 cm³/mol. The van der Waals surface area contributed by atoms with Gasteiger partial charge in [-0.05, 0) is 18.4 Å². The number of carboxylic acid groups (broad SMARTS) is 1. The van der Waals surface area contributed by atoms with E-state index in [0.717, 1.165) is 5.56 Å². The molecule has 0 fully saturated rings. The first-order chi connectivity index (χ1) is 7.50. The Kier molecular flexibility index (Phi) is 3.96. The molecule has 86 valence electrons. The zero-order valence-corrected chi connectivity index (χ0v) is 8.37.